The average molecular weight is 424 g/mol. The quantitative estimate of drug-likeness (QED) is 0.752. The molecule has 124 valence electrons. The van der Waals surface area contributed by atoms with Crippen molar-refractivity contribution >= 4 is 45.0 Å². The van der Waals surface area contributed by atoms with Gasteiger partial charge in [0.2, 0.25) is 5.22 Å². The molecule has 2 aliphatic heterocycles. The van der Waals surface area contributed by atoms with E-state index in [0.29, 0.717) is 29.6 Å². The van der Waals surface area contributed by atoms with Crippen LogP contribution in [0.1, 0.15) is 0 Å². The molecular weight excluding hydrogens is 410 g/mol. The number of rotatable bonds is 3. The van der Waals surface area contributed by atoms with Gasteiger partial charge in [-0.2, -0.15) is 0 Å². The summed E-state index contributed by atoms with van der Waals surface area (Å²) in [4.78, 5) is 8.26. The van der Waals surface area contributed by atoms with E-state index in [2.05, 4.69) is 26.2 Å². The van der Waals surface area contributed by atoms with Crippen molar-refractivity contribution in [1.29, 1.82) is 0 Å². The minimum Gasteiger partial charge on any atom is -0.440 e. The maximum absolute atomic E-state index is 14.6. The minimum absolute atomic E-state index is 0.0100. The number of hydrogen-bond donors (Lipinski definition) is 1. The van der Waals surface area contributed by atoms with E-state index < -0.39 is 5.82 Å². The number of nitrogens with zero attached hydrogens (tertiary/aromatic N) is 3. The Morgan fingerprint density at radius 3 is 2.91 bits per heavy atom. The molecule has 1 N–H and O–H groups in total. The topological polar surface area (TPSA) is 40.1 Å². The van der Waals surface area contributed by atoms with E-state index in [1.807, 2.05) is 23.9 Å². The summed E-state index contributed by atoms with van der Waals surface area (Å²) in [6.45, 7) is 1.76. The third-order valence-corrected chi connectivity index (χ3v) is 5.02. The highest BCUT2D eigenvalue weighted by atomic mass is 79.9. The standard InChI is InChI=1S/C14H14BrCl2FN4O/c1-21(2)3-4-22-5-7(16)23-13-8-12(19-6-20-14(8)22)10(17)9(15)11(13)18/h5,20H,3-4,6H2,1-2H3. The Hall–Kier alpha value is -1.02. The molecule has 1 aromatic rings. The highest BCUT2D eigenvalue weighted by molar-refractivity contribution is 9.10. The van der Waals surface area contributed by atoms with Gasteiger partial charge in [0.1, 0.15) is 12.5 Å². The first-order valence-electron chi connectivity index (χ1n) is 6.85. The van der Waals surface area contributed by atoms with Gasteiger partial charge in [0.15, 0.2) is 11.6 Å². The number of hydrogen-bond acceptors (Lipinski definition) is 5. The van der Waals surface area contributed by atoms with Crippen molar-refractivity contribution in [3.05, 3.63) is 37.3 Å². The van der Waals surface area contributed by atoms with E-state index in [9.17, 15) is 4.39 Å². The Kier molecular flexibility index (Phi) is 4.73. The van der Waals surface area contributed by atoms with Crippen LogP contribution < -0.4 is 20.6 Å². The zero-order chi connectivity index (χ0) is 16.7. The van der Waals surface area contributed by atoms with Crippen LogP contribution in [0.2, 0.25) is 5.02 Å². The molecule has 0 radical (unpaired) electrons. The largest absolute Gasteiger partial charge is 0.440 e. The fraction of sp³-hybridized carbons (Fsp3) is 0.357. The molecule has 23 heavy (non-hydrogen) atoms. The second-order valence-electron chi connectivity index (χ2n) is 5.37. The Labute approximate surface area is 151 Å². The zero-order valence-corrected chi connectivity index (χ0v) is 15.6. The van der Waals surface area contributed by atoms with Gasteiger partial charge in [-0.3, -0.25) is 4.99 Å². The molecule has 2 aliphatic rings. The maximum atomic E-state index is 14.6. The van der Waals surface area contributed by atoms with Crippen LogP contribution in [0.3, 0.4) is 0 Å². The van der Waals surface area contributed by atoms with E-state index in [1.54, 1.807) is 6.20 Å². The van der Waals surface area contributed by atoms with Crippen molar-refractivity contribution in [1.82, 2.24) is 15.1 Å². The second kappa shape index (κ2) is 6.47. The number of likely N-dealkylation sites (N-methyl/N-ethyl adjacent to an activating group) is 1. The van der Waals surface area contributed by atoms with Crippen molar-refractivity contribution < 1.29 is 9.13 Å². The summed E-state index contributed by atoms with van der Waals surface area (Å²) in [5.41, 5.74) is 0. The Bertz CT molecular complexity index is 812. The van der Waals surface area contributed by atoms with Crippen LogP contribution in [-0.4, -0.2) is 43.7 Å². The fourth-order valence-electron chi connectivity index (χ4n) is 2.41. The first-order valence-corrected chi connectivity index (χ1v) is 8.40. The molecule has 0 amide bonds. The second-order valence-corrected chi connectivity index (χ2v) is 6.91. The van der Waals surface area contributed by atoms with Crippen LogP contribution >= 0.6 is 39.1 Å². The molecule has 0 bridgehead atoms. The van der Waals surface area contributed by atoms with Crippen LogP contribution in [0.4, 0.5) is 4.39 Å². The van der Waals surface area contributed by atoms with Crippen LogP contribution in [-0.2, 0) is 0 Å². The lowest BCUT2D eigenvalue weighted by atomic mass is 10.2. The molecule has 1 aromatic carbocycles. The van der Waals surface area contributed by atoms with E-state index in [-0.39, 0.29) is 20.5 Å². The van der Waals surface area contributed by atoms with Gasteiger partial charge < -0.3 is 19.9 Å². The smallest absolute Gasteiger partial charge is 0.210 e. The summed E-state index contributed by atoms with van der Waals surface area (Å²) >= 11 is 15.5. The summed E-state index contributed by atoms with van der Waals surface area (Å²) < 4.78 is 20.2. The predicted molar refractivity (Wildman–Crippen MR) is 91.1 cm³/mol. The highest BCUT2D eigenvalue weighted by Crippen LogP contribution is 2.30. The molecule has 0 saturated carbocycles. The van der Waals surface area contributed by atoms with E-state index in [4.69, 9.17) is 27.9 Å². The van der Waals surface area contributed by atoms with Crippen molar-refractivity contribution in [2.24, 2.45) is 4.99 Å². The number of ether oxygens (including phenoxy) is 1. The molecule has 5 nitrogen and oxygen atoms in total. The Balaban J connectivity index is 2.28. The normalized spacial score (nSPS) is 16.2. The maximum Gasteiger partial charge on any atom is 0.210 e. The van der Waals surface area contributed by atoms with Gasteiger partial charge in [0.25, 0.3) is 0 Å². The fourth-order valence-corrected chi connectivity index (χ4v) is 3.21. The van der Waals surface area contributed by atoms with Gasteiger partial charge in [-0.15, -0.1) is 0 Å². The summed E-state index contributed by atoms with van der Waals surface area (Å²) in [6.07, 6.45) is 1.63. The number of halogens is 4. The van der Waals surface area contributed by atoms with E-state index in [1.165, 1.54) is 0 Å². The molecule has 0 spiro atoms. The van der Waals surface area contributed by atoms with Crippen molar-refractivity contribution in [2.75, 3.05) is 33.9 Å². The van der Waals surface area contributed by atoms with Gasteiger partial charge in [-0.1, -0.05) is 11.6 Å². The molecule has 3 rings (SSSR count). The zero-order valence-electron chi connectivity index (χ0n) is 12.5. The lowest BCUT2D eigenvalue weighted by Gasteiger charge is -2.26. The van der Waals surface area contributed by atoms with Crippen LogP contribution in [0, 0.1) is 5.82 Å². The molecule has 0 fully saturated rings. The third-order valence-electron chi connectivity index (χ3n) is 3.51. The lowest BCUT2D eigenvalue weighted by Crippen LogP contribution is -2.45. The first-order chi connectivity index (χ1) is 10.9. The highest BCUT2D eigenvalue weighted by Gasteiger charge is 2.26. The van der Waals surface area contributed by atoms with Gasteiger partial charge in [0.05, 0.1) is 26.3 Å². The lowest BCUT2D eigenvalue weighted by molar-refractivity contribution is 0.352. The van der Waals surface area contributed by atoms with Crippen LogP contribution in [0.25, 0.3) is 5.82 Å². The van der Waals surface area contributed by atoms with Crippen molar-refractivity contribution in [3.8, 4) is 5.75 Å². The van der Waals surface area contributed by atoms with E-state index in [0.717, 1.165) is 6.54 Å². The van der Waals surface area contributed by atoms with Crippen molar-refractivity contribution in [3.63, 3.8) is 0 Å². The van der Waals surface area contributed by atoms with Crippen LogP contribution in [0.5, 0.6) is 5.75 Å². The average Bonchev–Trinajstić information content (AvgIpc) is 2.66. The molecular formula is C14H14BrCl2FN4O. The summed E-state index contributed by atoms with van der Waals surface area (Å²) in [7, 11) is 3.95. The molecule has 9 heteroatoms. The van der Waals surface area contributed by atoms with Crippen LogP contribution in [0.15, 0.2) is 20.9 Å². The summed E-state index contributed by atoms with van der Waals surface area (Å²) in [6, 6.07) is 0. The minimum atomic E-state index is -0.605. The summed E-state index contributed by atoms with van der Waals surface area (Å²) in [5.74, 6) is 0.0813. The Morgan fingerprint density at radius 1 is 1.48 bits per heavy atom. The van der Waals surface area contributed by atoms with Gasteiger partial charge in [-0.05, 0) is 41.6 Å². The molecule has 2 heterocycles. The Morgan fingerprint density at radius 2 is 2.22 bits per heavy atom. The molecule has 0 aromatic heterocycles. The SMILES string of the molecule is CN(C)CCN1C=C(Cl)Oc2c(F)c(Br)c(Cl)c3c2=C1NCN=3. The number of nitrogens with one attached hydrogen (secondary N) is 1. The van der Waals surface area contributed by atoms with Crippen molar-refractivity contribution in [2.45, 2.75) is 0 Å². The van der Waals surface area contributed by atoms with Gasteiger partial charge in [-0.25, -0.2) is 4.39 Å². The third kappa shape index (κ3) is 3.03. The molecule has 0 atom stereocenters. The predicted octanol–water partition coefficient (Wildman–Crippen LogP) is 1.78. The monoisotopic (exact) mass is 422 g/mol. The van der Waals surface area contributed by atoms with E-state index >= 15 is 0 Å². The van der Waals surface area contributed by atoms with Gasteiger partial charge >= 0.3 is 0 Å². The molecule has 0 aliphatic carbocycles. The first kappa shape index (κ1) is 16.8. The molecule has 0 saturated heterocycles. The van der Waals surface area contributed by atoms with Gasteiger partial charge in [0, 0.05) is 13.1 Å². The number of benzene rings is 1. The summed E-state index contributed by atoms with van der Waals surface area (Å²) in [5, 5.41) is 4.41. The molecule has 0 unspecified atom stereocenters.